The Morgan fingerprint density at radius 3 is 2.74 bits per heavy atom. The molecule has 2 aliphatic heterocycles. The number of amides is 4. The van der Waals surface area contributed by atoms with E-state index in [0.717, 1.165) is 10.6 Å². The van der Waals surface area contributed by atoms with Crippen molar-refractivity contribution in [3.63, 3.8) is 0 Å². The Morgan fingerprint density at radius 1 is 1.26 bits per heavy atom. The number of carbonyl (C=O) groups excluding carboxylic acids is 3. The minimum absolute atomic E-state index is 0.0665. The lowest BCUT2D eigenvalue weighted by Gasteiger charge is -2.21. The summed E-state index contributed by atoms with van der Waals surface area (Å²) in [7, 11) is 0. The molecule has 2 heterocycles. The summed E-state index contributed by atoms with van der Waals surface area (Å²) in [5.41, 5.74) is 0. The molecule has 7 heteroatoms. The van der Waals surface area contributed by atoms with Crippen molar-refractivity contribution in [2.75, 3.05) is 25.4 Å². The summed E-state index contributed by atoms with van der Waals surface area (Å²) in [6.45, 7) is 1.13. The number of hydrogen-bond donors (Lipinski definition) is 1. The van der Waals surface area contributed by atoms with Gasteiger partial charge in [-0.3, -0.25) is 14.5 Å². The van der Waals surface area contributed by atoms with Gasteiger partial charge in [-0.15, -0.1) is 11.8 Å². The van der Waals surface area contributed by atoms with Crippen molar-refractivity contribution in [2.24, 2.45) is 0 Å². The van der Waals surface area contributed by atoms with Crippen LogP contribution in [-0.2, 0) is 9.59 Å². The van der Waals surface area contributed by atoms with Gasteiger partial charge in [-0.1, -0.05) is 18.2 Å². The lowest BCUT2D eigenvalue weighted by molar-refractivity contribution is -0.131. The maximum absolute atomic E-state index is 12.3. The first-order chi connectivity index (χ1) is 11.1. The van der Waals surface area contributed by atoms with Crippen LogP contribution in [0.4, 0.5) is 4.79 Å². The van der Waals surface area contributed by atoms with E-state index < -0.39 is 0 Å². The van der Waals surface area contributed by atoms with Crippen molar-refractivity contribution >= 4 is 29.6 Å². The fourth-order valence-electron chi connectivity index (χ4n) is 2.91. The highest BCUT2D eigenvalue weighted by molar-refractivity contribution is 7.99. The van der Waals surface area contributed by atoms with Gasteiger partial charge < -0.3 is 10.2 Å². The minimum atomic E-state index is -0.339. The number of urea groups is 1. The summed E-state index contributed by atoms with van der Waals surface area (Å²) >= 11 is 1.66. The molecule has 1 N–H and O–H groups in total. The minimum Gasteiger partial charge on any atom is -0.341 e. The molecule has 1 aromatic rings. The zero-order valence-corrected chi connectivity index (χ0v) is 13.6. The Balaban J connectivity index is 1.46. The van der Waals surface area contributed by atoms with E-state index in [1.807, 2.05) is 30.3 Å². The van der Waals surface area contributed by atoms with Gasteiger partial charge in [0.15, 0.2) is 0 Å². The van der Waals surface area contributed by atoms with Crippen molar-refractivity contribution in [1.29, 1.82) is 0 Å². The van der Waals surface area contributed by atoms with Gasteiger partial charge >= 0.3 is 6.03 Å². The van der Waals surface area contributed by atoms with Gasteiger partial charge in [0.1, 0.15) is 0 Å². The van der Waals surface area contributed by atoms with Crippen LogP contribution >= 0.6 is 11.8 Å². The summed E-state index contributed by atoms with van der Waals surface area (Å²) in [5, 5.41) is 2.52. The average Bonchev–Trinajstić information content (AvgIpc) is 3.15. The zero-order chi connectivity index (χ0) is 16.2. The summed E-state index contributed by atoms with van der Waals surface area (Å²) < 4.78 is 0. The Kier molecular flexibility index (Phi) is 4.85. The maximum Gasteiger partial charge on any atom is 0.324 e. The summed E-state index contributed by atoms with van der Waals surface area (Å²) in [5.74, 6) is 0.615. The third kappa shape index (κ3) is 3.67. The van der Waals surface area contributed by atoms with Crippen molar-refractivity contribution in [3.05, 3.63) is 30.3 Å². The van der Waals surface area contributed by atoms with Crippen LogP contribution in [0.15, 0.2) is 35.2 Å². The summed E-state index contributed by atoms with van der Waals surface area (Å²) in [6.07, 6.45) is 1.13. The molecule has 1 aromatic carbocycles. The summed E-state index contributed by atoms with van der Waals surface area (Å²) in [4.78, 5) is 39.8. The van der Waals surface area contributed by atoms with E-state index in [0.29, 0.717) is 25.9 Å². The second-order valence-electron chi connectivity index (χ2n) is 5.62. The second kappa shape index (κ2) is 7.04. The standard InChI is InChI=1S/C16H19N3O3S/c20-14(7-9-23-13-4-2-1-3-5-13)18-8-6-12(11-18)19-15(21)10-17-16(19)22/h1-5,12H,6-11H2,(H,17,22). The Bertz CT molecular complexity index is 592. The molecule has 4 amide bonds. The number of nitrogens with zero attached hydrogens (tertiary/aromatic N) is 2. The van der Waals surface area contributed by atoms with E-state index in [-0.39, 0.29) is 30.4 Å². The number of likely N-dealkylation sites (tertiary alicyclic amines) is 1. The van der Waals surface area contributed by atoms with E-state index in [9.17, 15) is 14.4 Å². The third-order valence-electron chi connectivity index (χ3n) is 4.09. The van der Waals surface area contributed by atoms with Crippen LogP contribution in [0, 0.1) is 0 Å². The molecule has 3 rings (SSSR count). The SMILES string of the molecule is O=C(CCSc1ccccc1)N1CCC(N2C(=O)CNC2=O)C1. The monoisotopic (exact) mass is 333 g/mol. The molecule has 2 saturated heterocycles. The summed E-state index contributed by atoms with van der Waals surface area (Å²) in [6, 6.07) is 9.46. The normalized spacial score (nSPS) is 21.0. The second-order valence-corrected chi connectivity index (χ2v) is 6.78. The molecule has 122 valence electrons. The molecule has 1 unspecified atom stereocenters. The zero-order valence-electron chi connectivity index (χ0n) is 12.7. The molecule has 0 aromatic heterocycles. The first-order valence-corrected chi connectivity index (χ1v) is 8.69. The molecule has 0 spiro atoms. The number of carbonyl (C=O) groups is 3. The Morgan fingerprint density at radius 2 is 2.04 bits per heavy atom. The molecule has 0 radical (unpaired) electrons. The van der Waals surface area contributed by atoms with Crippen molar-refractivity contribution < 1.29 is 14.4 Å². The molecule has 2 aliphatic rings. The number of benzene rings is 1. The number of thioether (sulfide) groups is 1. The van der Waals surface area contributed by atoms with E-state index in [4.69, 9.17) is 0 Å². The average molecular weight is 333 g/mol. The lowest BCUT2D eigenvalue weighted by atomic mass is 10.2. The van der Waals surface area contributed by atoms with Gasteiger partial charge in [0.25, 0.3) is 0 Å². The van der Waals surface area contributed by atoms with E-state index in [2.05, 4.69) is 5.32 Å². The predicted molar refractivity (Wildman–Crippen MR) is 87.0 cm³/mol. The highest BCUT2D eigenvalue weighted by Crippen LogP contribution is 2.21. The molecule has 0 aliphatic carbocycles. The van der Waals surface area contributed by atoms with Gasteiger partial charge in [-0.2, -0.15) is 0 Å². The van der Waals surface area contributed by atoms with Gasteiger partial charge in [0.05, 0.1) is 12.6 Å². The lowest BCUT2D eigenvalue weighted by Crippen LogP contribution is -2.42. The quantitative estimate of drug-likeness (QED) is 0.652. The predicted octanol–water partition coefficient (Wildman–Crippen LogP) is 1.32. The first-order valence-electron chi connectivity index (χ1n) is 7.70. The number of nitrogens with one attached hydrogen (secondary N) is 1. The van der Waals surface area contributed by atoms with Gasteiger partial charge in [-0.05, 0) is 18.6 Å². The molecular weight excluding hydrogens is 314 g/mol. The van der Waals surface area contributed by atoms with Crippen molar-refractivity contribution in [1.82, 2.24) is 15.1 Å². The first kappa shape index (κ1) is 15.9. The molecule has 0 bridgehead atoms. The third-order valence-corrected chi connectivity index (χ3v) is 5.10. The van der Waals surface area contributed by atoms with Crippen LogP contribution in [0.25, 0.3) is 0 Å². The molecule has 0 saturated carbocycles. The molecule has 1 atom stereocenters. The fourth-order valence-corrected chi connectivity index (χ4v) is 3.78. The van der Waals surface area contributed by atoms with E-state index in [1.54, 1.807) is 16.7 Å². The largest absolute Gasteiger partial charge is 0.341 e. The van der Waals surface area contributed by atoms with Crippen LogP contribution in [0.2, 0.25) is 0 Å². The van der Waals surface area contributed by atoms with Crippen LogP contribution in [0.1, 0.15) is 12.8 Å². The van der Waals surface area contributed by atoms with Crippen molar-refractivity contribution in [2.45, 2.75) is 23.8 Å². The maximum atomic E-state index is 12.3. The van der Waals surface area contributed by atoms with Gasteiger partial charge in [-0.25, -0.2) is 4.79 Å². The van der Waals surface area contributed by atoms with E-state index in [1.165, 1.54) is 4.90 Å². The smallest absolute Gasteiger partial charge is 0.324 e. The van der Waals surface area contributed by atoms with Crippen LogP contribution < -0.4 is 5.32 Å². The van der Waals surface area contributed by atoms with Crippen LogP contribution in [-0.4, -0.2) is 59.1 Å². The topological polar surface area (TPSA) is 69.7 Å². The molecule has 23 heavy (non-hydrogen) atoms. The molecular formula is C16H19N3O3S. The van der Waals surface area contributed by atoms with Crippen LogP contribution in [0.5, 0.6) is 0 Å². The Labute approximate surface area is 139 Å². The highest BCUT2D eigenvalue weighted by Gasteiger charge is 2.39. The Hall–Kier alpha value is -2.02. The van der Waals surface area contributed by atoms with Crippen molar-refractivity contribution in [3.8, 4) is 0 Å². The number of rotatable bonds is 5. The number of hydrogen-bond acceptors (Lipinski definition) is 4. The van der Waals surface area contributed by atoms with Gasteiger partial charge in [0, 0.05) is 30.2 Å². The van der Waals surface area contributed by atoms with E-state index >= 15 is 0 Å². The van der Waals surface area contributed by atoms with Gasteiger partial charge in [0.2, 0.25) is 11.8 Å². The fraction of sp³-hybridized carbons (Fsp3) is 0.438. The highest BCUT2D eigenvalue weighted by atomic mass is 32.2. The molecule has 2 fully saturated rings. The number of imide groups is 1. The molecule has 6 nitrogen and oxygen atoms in total. The van der Waals surface area contributed by atoms with Crippen LogP contribution in [0.3, 0.4) is 0 Å².